The van der Waals surface area contributed by atoms with Crippen molar-refractivity contribution in [3.05, 3.63) is 0 Å². The van der Waals surface area contributed by atoms with Crippen LogP contribution >= 0.6 is 0 Å². The van der Waals surface area contributed by atoms with Gasteiger partial charge in [-0.1, -0.05) is 20.3 Å². The van der Waals surface area contributed by atoms with Crippen LogP contribution in [-0.4, -0.2) is 13.1 Å². The van der Waals surface area contributed by atoms with E-state index in [0.717, 1.165) is 11.8 Å². The topological polar surface area (TPSA) is 12.0 Å². The van der Waals surface area contributed by atoms with E-state index in [4.69, 9.17) is 0 Å². The van der Waals surface area contributed by atoms with Crippen LogP contribution in [0.4, 0.5) is 0 Å². The Bertz CT molecular complexity index is 162. The van der Waals surface area contributed by atoms with E-state index in [2.05, 4.69) is 19.2 Å². The van der Waals surface area contributed by atoms with Gasteiger partial charge < -0.3 is 5.32 Å². The highest BCUT2D eigenvalue weighted by molar-refractivity contribution is 4.98. The summed E-state index contributed by atoms with van der Waals surface area (Å²) in [7, 11) is 0. The Morgan fingerprint density at radius 1 is 1.42 bits per heavy atom. The smallest absolute Gasteiger partial charge is 0.00153 e. The highest BCUT2D eigenvalue weighted by atomic mass is 14.9. The molecule has 2 fully saturated rings. The Morgan fingerprint density at radius 2 is 2.17 bits per heavy atom. The predicted molar refractivity (Wildman–Crippen MR) is 52.1 cm³/mol. The van der Waals surface area contributed by atoms with Crippen LogP contribution in [0, 0.1) is 17.3 Å². The molecule has 0 bridgehead atoms. The first kappa shape index (κ1) is 8.55. The second kappa shape index (κ2) is 3.02. The van der Waals surface area contributed by atoms with Crippen molar-refractivity contribution in [2.75, 3.05) is 13.1 Å². The van der Waals surface area contributed by atoms with E-state index in [-0.39, 0.29) is 0 Å². The van der Waals surface area contributed by atoms with Gasteiger partial charge in [0.05, 0.1) is 0 Å². The van der Waals surface area contributed by atoms with Gasteiger partial charge in [0.2, 0.25) is 0 Å². The molecule has 1 N–H and O–H groups in total. The van der Waals surface area contributed by atoms with Gasteiger partial charge in [0.15, 0.2) is 0 Å². The van der Waals surface area contributed by atoms with Crippen LogP contribution in [0.1, 0.15) is 39.5 Å². The fraction of sp³-hybridized carbons (Fsp3) is 1.00. The van der Waals surface area contributed by atoms with Crippen LogP contribution in [0.25, 0.3) is 0 Å². The lowest BCUT2D eigenvalue weighted by Gasteiger charge is -2.42. The van der Waals surface area contributed by atoms with Crippen molar-refractivity contribution in [2.45, 2.75) is 39.5 Å². The highest BCUT2D eigenvalue weighted by Gasteiger charge is 2.46. The zero-order valence-corrected chi connectivity index (χ0v) is 8.40. The minimum Gasteiger partial charge on any atom is -0.316 e. The average Bonchev–Trinajstić information content (AvgIpc) is 2.87. The molecule has 2 rings (SSSR count). The molecule has 0 aromatic rings. The largest absolute Gasteiger partial charge is 0.316 e. The molecule has 1 heterocycles. The minimum absolute atomic E-state index is 0.694. The van der Waals surface area contributed by atoms with Gasteiger partial charge >= 0.3 is 0 Å². The summed E-state index contributed by atoms with van der Waals surface area (Å²) in [5.41, 5.74) is 0.694. The number of nitrogens with one attached hydrogen (secondary N) is 1. The summed E-state index contributed by atoms with van der Waals surface area (Å²) in [6.07, 6.45) is 5.79. The standard InChI is InChI=1S/C11H21N/c1-3-9-8-12-7-6-11(9,2)10-4-5-10/h9-10,12H,3-8H2,1-2H3. The van der Waals surface area contributed by atoms with Gasteiger partial charge in [-0.2, -0.15) is 0 Å². The molecule has 1 saturated carbocycles. The molecule has 1 aliphatic carbocycles. The van der Waals surface area contributed by atoms with E-state index in [1.807, 2.05) is 0 Å². The summed E-state index contributed by atoms with van der Waals surface area (Å²) in [4.78, 5) is 0. The van der Waals surface area contributed by atoms with Gasteiger partial charge in [-0.3, -0.25) is 0 Å². The van der Waals surface area contributed by atoms with Gasteiger partial charge in [-0.25, -0.2) is 0 Å². The molecule has 0 aromatic carbocycles. The molecule has 2 aliphatic rings. The van der Waals surface area contributed by atoms with Crippen molar-refractivity contribution in [1.82, 2.24) is 5.32 Å². The predicted octanol–water partition coefficient (Wildman–Crippen LogP) is 2.42. The Hall–Kier alpha value is -0.0400. The summed E-state index contributed by atoms with van der Waals surface area (Å²) in [5.74, 6) is 2.02. The van der Waals surface area contributed by atoms with Crippen LogP contribution in [0.3, 0.4) is 0 Å². The third-order valence-corrected chi connectivity index (χ3v) is 4.17. The summed E-state index contributed by atoms with van der Waals surface area (Å²) < 4.78 is 0. The third-order valence-electron chi connectivity index (χ3n) is 4.17. The molecular weight excluding hydrogens is 146 g/mol. The molecule has 0 spiro atoms. The SMILES string of the molecule is CCC1CNCCC1(C)C1CC1. The number of hydrogen-bond donors (Lipinski definition) is 1. The Kier molecular flexibility index (Phi) is 2.16. The molecule has 70 valence electrons. The van der Waals surface area contributed by atoms with Gasteiger partial charge in [0.1, 0.15) is 0 Å². The maximum absolute atomic E-state index is 3.52. The van der Waals surface area contributed by atoms with Crippen molar-refractivity contribution in [1.29, 1.82) is 0 Å². The minimum atomic E-state index is 0.694. The zero-order chi connectivity index (χ0) is 8.60. The second-order valence-corrected chi connectivity index (χ2v) is 4.84. The number of piperidine rings is 1. The summed E-state index contributed by atoms with van der Waals surface area (Å²) in [6, 6.07) is 0. The van der Waals surface area contributed by atoms with E-state index in [0.29, 0.717) is 5.41 Å². The van der Waals surface area contributed by atoms with Crippen LogP contribution in [-0.2, 0) is 0 Å². The molecule has 0 aromatic heterocycles. The van der Waals surface area contributed by atoms with Gasteiger partial charge in [0, 0.05) is 0 Å². The summed E-state index contributed by atoms with van der Waals surface area (Å²) in [6.45, 7) is 7.39. The first-order valence-electron chi connectivity index (χ1n) is 5.48. The van der Waals surface area contributed by atoms with E-state index in [9.17, 15) is 0 Å². The average molecular weight is 167 g/mol. The van der Waals surface area contributed by atoms with E-state index in [1.54, 1.807) is 0 Å². The lowest BCUT2D eigenvalue weighted by Crippen LogP contribution is -2.44. The number of rotatable bonds is 2. The molecule has 0 radical (unpaired) electrons. The maximum atomic E-state index is 3.52. The quantitative estimate of drug-likeness (QED) is 0.666. The van der Waals surface area contributed by atoms with E-state index in [1.165, 1.54) is 38.8 Å². The lowest BCUT2D eigenvalue weighted by atomic mass is 9.68. The molecule has 1 saturated heterocycles. The van der Waals surface area contributed by atoms with Gasteiger partial charge in [-0.15, -0.1) is 0 Å². The maximum Gasteiger partial charge on any atom is -0.00153 e. The molecule has 1 aliphatic heterocycles. The van der Waals surface area contributed by atoms with E-state index < -0.39 is 0 Å². The molecule has 12 heavy (non-hydrogen) atoms. The number of hydrogen-bond acceptors (Lipinski definition) is 1. The molecular formula is C11H21N. The summed E-state index contributed by atoms with van der Waals surface area (Å²) in [5, 5.41) is 3.52. The fourth-order valence-corrected chi connectivity index (χ4v) is 2.96. The molecule has 2 unspecified atom stereocenters. The molecule has 1 heteroatoms. The van der Waals surface area contributed by atoms with E-state index >= 15 is 0 Å². The van der Waals surface area contributed by atoms with Crippen LogP contribution in [0.15, 0.2) is 0 Å². The molecule has 2 atom stereocenters. The zero-order valence-electron chi connectivity index (χ0n) is 8.40. The van der Waals surface area contributed by atoms with Crippen LogP contribution in [0.2, 0.25) is 0 Å². The lowest BCUT2D eigenvalue weighted by molar-refractivity contribution is 0.0981. The summed E-state index contributed by atoms with van der Waals surface area (Å²) >= 11 is 0. The van der Waals surface area contributed by atoms with Crippen molar-refractivity contribution >= 4 is 0 Å². The fourth-order valence-electron chi connectivity index (χ4n) is 2.96. The second-order valence-electron chi connectivity index (χ2n) is 4.84. The van der Waals surface area contributed by atoms with Crippen molar-refractivity contribution < 1.29 is 0 Å². The first-order chi connectivity index (χ1) is 5.77. The normalized spacial score (nSPS) is 43.0. The van der Waals surface area contributed by atoms with Crippen LogP contribution < -0.4 is 5.32 Å². The Morgan fingerprint density at radius 3 is 2.75 bits per heavy atom. The Balaban J connectivity index is 2.07. The monoisotopic (exact) mass is 167 g/mol. The third kappa shape index (κ3) is 1.28. The van der Waals surface area contributed by atoms with Crippen molar-refractivity contribution in [3.63, 3.8) is 0 Å². The van der Waals surface area contributed by atoms with Crippen molar-refractivity contribution in [3.8, 4) is 0 Å². The Labute approximate surface area is 75.9 Å². The van der Waals surface area contributed by atoms with Gasteiger partial charge in [-0.05, 0) is 49.6 Å². The van der Waals surface area contributed by atoms with Crippen molar-refractivity contribution in [2.24, 2.45) is 17.3 Å². The first-order valence-corrected chi connectivity index (χ1v) is 5.48. The highest BCUT2D eigenvalue weighted by Crippen LogP contribution is 2.53. The van der Waals surface area contributed by atoms with Crippen LogP contribution in [0.5, 0.6) is 0 Å². The molecule has 1 nitrogen and oxygen atoms in total. The molecule has 0 amide bonds. The van der Waals surface area contributed by atoms with Gasteiger partial charge in [0.25, 0.3) is 0 Å².